The van der Waals surface area contributed by atoms with Crippen LogP contribution in [0.15, 0.2) is 48.5 Å². The van der Waals surface area contributed by atoms with Gasteiger partial charge in [0.05, 0.1) is 72.0 Å². The third-order valence-electron chi connectivity index (χ3n) is 13.0. The second-order valence-electron chi connectivity index (χ2n) is 18.1. The number of esters is 1. The fourth-order valence-electron chi connectivity index (χ4n) is 9.56. The molecule has 4 aliphatic heterocycles. The molecule has 17 heteroatoms. The molecule has 1 aliphatic carbocycles. The van der Waals surface area contributed by atoms with Crippen molar-refractivity contribution in [2.24, 2.45) is 11.3 Å². The van der Waals surface area contributed by atoms with Gasteiger partial charge in [0.25, 0.3) is 5.91 Å². The van der Waals surface area contributed by atoms with Crippen LogP contribution in [0.3, 0.4) is 0 Å². The molecule has 6 bridgehead atoms. The lowest BCUT2D eigenvalue weighted by molar-refractivity contribution is -0.155. The number of anilines is 1. The van der Waals surface area contributed by atoms with E-state index >= 15 is 0 Å². The molecule has 5 aromatic rings. The summed E-state index contributed by atoms with van der Waals surface area (Å²) in [5.74, 6) is -0.517. The van der Waals surface area contributed by atoms with E-state index in [1.165, 1.54) is 22.7 Å². The Morgan fingerprint density at radius 1 is 1.05 bits per heavy atom. The molecule has 2 amide bonds. The summed E-state index contributed by atoms with van der Waals surface area (Å²) in [6.07, 6.45) is 9.07. The molecule has 0 radical (unpaired) electrons. The third-order valence-corrected chi connectivity index (χ3v) is 13.9. The van der Waals surface area contributed by atoms with Crippen LogP contribution in [0.1, 0.15) is 73.9 Å². The van der Waals surface area contributed by atoms with Gasteiger partial charge in [-0.05, 0) is 67.9 Å². The molecule has 4 aromatic heterocycles. The lowest BCUT2D eigenvalue weighted by Crippen LogP contribution is -2.60. The summed E-state index contributed by atoms with van der Waals surface area (Å²) < 4.78 is 26.7. The number of thiazole rings is 1. The van der Waals surface area contributed by atoms with Crippen LogP contribution < -0.4 is 20.4 Å². The number of pyridine rings is 1. The zero-order valence-electron chi connectivity index (χ0n) is 36.1. The van der Waals surface area contributed by atoms with Crippen molar-refractivity contribution >= 4 is 45.7 Å². The standard InChI is InChI=1S/C46H53N9O7S/c1-26(59-4)40-33(16-29(22-49-40)53-8-11-60-12-9-53)41-34-19-46(2,3)24-62-45(58)35-6-5-7-55(52-35)44(57)36(51-43(56)32-17-30(32)28-20-47-25-48-21-28)18-39-50-37(23-63-39)27-14-31(34)42-38(15-27)61-13-10-54(41)42/h14-16,20-23,25-26,30,32,35-36,52H,5-13,17-19,24H2,1-4H3,(H,51,56)/t26-,30+,32-,35-,36-/m0/s1. The molecule has 2 saturated heterocycles. The molecular formula is C46H53N9O7S. The van der Waals surface area contributed by atoms with Gasteiger partial charge in [0.1, 0.15) is 30.8 Å². The van der Waals surface area contributed by atoms with Gasteiger partial charge in [-0.3, -0.25) is 24.4 Å². The van der Waals surface area contributed by atoms with Crippen molar-refractivity contribution in [3.8, 4) is 28.3 Å². The SMILES string of the molecule is CO[C@@H](C)c1ncc(N2CCOCC2)cc1-c1c2c3cc(cc4c3n1CCO4)-c1csc(n1)C[C@H](NC(=O)[C@H]1C[C@@H]1c1cncnc1)C(=O)N1CCC[C@H](N1)C(=O)OCC(C)(C)C2. The van der Waals surface area contributed by atoms with Crippen LogP contribution in [0.2, 0.25) is 0 Å². The molecular weight excluding hydrogens is 823 g/mol. The van der Waals surface area contributed by atoms with Crippen molar-refractivity contribution in [1.29, 1.82) is 0 Å². The van der Waals surface area contributed by atoms with Crippen molar-refractivity contribution in [3.63, 3.8) is 0 Å². The number of hydrogen-bond acceptors (Lipinski definition) is 14. The molecule has 3 fully saturated rings. The van der Waals surface area contributed by atoms with E-state index in [0.717, 1.165) is 74.8 Å². The first-order valence-electron chi connectivity index (χ1n) is 22.0. The summed E-state index contributed by atoms with van der Waals surface area (Å²) in [6, 6.07) is 4.84. The first kappa shape index (κ1) is 41.5. The molecule has 5 aliphatic rings. The summed E-state index contributed by atoms with van der Waals surface area (Å²) in [4.78, 5) is 62.9. The van der Waals surface area contributed by atoms with Crippen molar-refractivity contribution in [1.82, 2.24) is 40.3 Å². The number of hydrazine groups is 1. The molecule has 63 heavy (non-hydrogen) atoms. The highest BCUT2D eigenvalue weighted by atomic mass is 32.1. The van der Waals surface area contributed by atoms with Crippen molar-refractivity contribution in [3.05, 3.63) is 70.3 Å². The van der Waals surface area contributed by atoms with E-state index in [-0.39, 0.29) is 42.8 Å². The van der Waals surface area contributed by atoms with Crippen molar-refractivity contribution in [2.75, 3.05) is 58.1 Å². The summed E-state index contributed by atoms with van der Waals surface area (Å²) >= 11 is 1.45. The molecule has 8 heterocycles. The highest BCUT2D eigenvalue weighted by Crippen LogP contribution is 2.48. The Kier molecular flexibility index (Phi) is 11.1. The molecule has 0 spiro atoms. The molecule has 1 aromatic carbocycles. The molecule has 16 nitrogen and oxygen atoms in total. The number of fused-ring (bicyclic) bond motifs is 6. The maximum absolute atomic E-state index is 14.4. The number of methoxy groups -OCH3 is 1. The minimum Gasteiger partial charge on any atom is -0.489 e. The van der Waals surface area contributed by atoms with Gasteiger partial charge in [-0.15, -0.1) is 11.3 Å². The molecule has 2 N–H and O–H groups in total. The van der Waals surface area contributed by atoms with E-state index in [1.807, 2.05) is 18.5 Å². The summed E-state index contributed by atoms with van der Waals surface area (Å²) in [5.41, 5.74) is 11.1. The number of ether oxygens (including phenoxy) is 4. The van der Waals surface area contributed by atoms with Gasteiger partial charge in [0.2, 0.25) is 5.91 Å². The van der Waals surface area contributed by atoms with Gasteiger partial charge in [-0.1, -0.05) is 13.8 Å². The lowest BCUT2D eigenvalue weighted by Gasteiger charge is -2.35. The number of nitrogens with one attached hydrogen (secondary N) is 2. The Morgan fingerprint density at radius 2 is 1.87 bits per heavy atom. The summed E-state index contributed by atoms with van der Waals surface area (Å²) in [7, 11) is 1.71. The highest BCUT2D eigenvalue weighted by Gasteiger charge is 2.46. The number of nitrogens with zero attached hydrogens (tertiary/aromatic N) is 7. The number of cyclic esters (lactones) is 1. The van der Waals surface area contributed by atoms with Gasteiger partial charge in [0.15, 0.2) is 0 Å². The maximum Gasteiger partial charge on any atom is 0.324 e. The monoisotopic (exact) mass is 875 g/mol. The van der Waals surface area contributed by atoms with Crippen LogP contribution in [0.4, 0.5) is 5.69 Å². The molecule has 5 atom stereocenters. The van der Waals surface area contributed by atoms with Crippen LogP contribution in [-0.4, -0.2) is 113 Å². The second-order valence-corrected chi connectivity index (χ2v) is 19.0. The maximum atomic E-state index is 14.4. The topological polar surface area (TPSA) is 175 Å². The molecule has 10 rings (SSSR count). The number of hydrogen-bond donors (Lipinski definition) is 2. The quantitative estimate of drug-likeness (QED) is 0.209. The van der Waals surface area contributed by atoms with Crippen molar-refractivity contribution in [2.45, 2.75) is 83.5 Å². The van der Waals surface area contributed by atoms with Crippen molar-refractivity contribution < 1.29 is 33.3 Å². The molecule has 1 saturated carbocycles. The summed E-state index contributed by atoms with van der Waals surface area (Å²) in [6.45, 7) is 10.7. The third kappa shape index (κ3) is 8.15. The predicted octanol–water partition coefficient (Wildman–Crippen LogP) is 5.01. The Bertz CT molecular complexity index is 2560. The minimum absolute atomic E-state index is 0.0122. The zero-order valence-corrected chi connectivity index (χ0v) is 36.9. The number of rotatable bonds is 7. The Labute approximate surface area is 369 Å². The van der Waals surface area contributed by atoms with E-state index in [1.54, 1.807) is 19.5 Å². The number of carbonyl (C=O) groups is 3. The van der Waals surface area contributed by atoms with E-state index < -0.39 is 23.5 Å². The average molecular weight is 876 g/mol. The van der Waals surface area contributed by atoms with Gasteiger partial charge >= 0.3 is 5.97 Å². The predicted molar refractivity (Wildman–Crippen MR) is 235 cm³/mol. The highest BCUT2D eigenvalue weighted by molar-refractivity contribution is 7.10. The Morgan fingerprint density at radius 3 is 2.68 bits per heavy atom. The van der Waals surface area contributed by atoms with E-state index in [4.69, 9.17) is 28.9 Å². The van der Waals surface area contributed by atoms with E-state index in [2.05, 4.69) is 62.2 Å². The van der Waals surface area contributed by atoms with Crippen LogP contribution in [0.25, 0.3) is 33.4 Å². The second kappa shape index (κ2) is 16.9. The number of amides is 2. The van der Waals surface area contributed by atoms with Gasteiger partial charge < -0.3 is 33.7 Å². The number of aromatic nitrogens is 5. The molecule has 0 unspecified atom stereocenters. The Balaban J connectivity index is 1.08. The van der Waals surface area contributed by atoms with Crippen LogP contribution in [0, 0.1) is 11.3 Å². The van der Waals surface area contributed by atoms with Crippen LogP contribution >= 0.6 is 11.3 Å². The number of morpholine rings is 1. The van der Waals surface area contributed by atoms with Gasteiger partial charge in [-0.25, -0.2) is 20.4 Å². The lowest BCUT2D eigenvalue weighted by atomic mass is 9.84. The number of benzene rings is 1. The fraction of sp³-hybridized carbons (Fsp3) is 0.500. The summed E-state index contributed by atoms with van der Waals surface area (Å²) in [5, 5.41) is 8.28. The van der Waals surface area contributed by atoms with E-state index in [0.29, 0.717) is 63.6 Å². The smallest absolute Gasteiger partial charge is 0.324 e. The molecule has 330 valence electrons. The average Bonchev–Trinajstić information content (AvgIpc) is 3.89. The first-order valence-corrected chi connectivity index (χ1v) is 22.8. The number of carbonyl (C=O) groups excluding carboxylic acids is 3. The first-order chi connectivity index (χ1) is 30.5. The van der Waals surface area contributed by atoms with Gasteiger partial charge in [-0.2, -0.15) is 0 Å². The van der Waals surface area contributed by atoms with Crippen LogP contribution in [-0.2, 0) is 48.0 Å². The Hall–Kier alpha value is -5.49. The van der Waals surface area contributed by atoms with Crippen LogP contribution in [0.5, 0.6) is 5.75 Å². The minimum atomic E-state index is -0.925. The van der Waals surface area contributed by atoms with Gasteiger partial charge in [0, 0.05) is 78.8 Å². The fourth-order valence-corrected chi connectivity index (χ4v) is 10.4. The largest absolute Gasteiger partial charge is 0.489 e. The normalized spacial score (nSPS) is 24.0. The zero-order chi connectivity index (χ0) is 43.4. The van der Waals surface area contributed by atoms with E-state index in [9.17, 15) is 14.4 Å².